The summed E-state index contributed by atoms with van der Waals surface area (Å²) in [6.07, 6.45) is 0. The van der Waals surface area contributed by atoms with Crippen LogP contribution in [-0.4, -0.2) is 17.1 Å². The number of nitrogens with zero attached hydrogens (tertiary/aromatic N) is 1. The zero-order chi connectivity index (χ0) is 15.4. The van der Waals surface area contributed by atoms with Gasteiger partial charge in [-0.2, -0.15) is 0 Å². The van der Waals surface area contributed by atoms with Gasteiger partial charge in [-0.3, -0.25) is 4.79 Å². The zero-order valence-corrected chi connectivity index (χ0v) is 12.3. The van der Waals surface area contributed by atoms with Crippen molar-refractivity contribution in [3.63, 3.8) is 0 Å². The standard InChI is InChI=1S/C17H20N2O2/c1-12(2)19(14-9-7-13(11-18)8-10-14)17(21)15-5-3-4-6-16(15)20/h3-10,12,20H,11,18H2,1-2H3. The van der Waals surface area contributed by atoms with Crippen LogP contribution < -0.4 is 10.6 Å². The number of nitrogens with two attached hydrogens (primary N) is 1. The molecule has 0 fully saturated rings. The lowest BCUT2D eigenvalue weighted by Crippen LogP contribution is -2.37. The van der Waals surface area contributed by atoms with E-state index in [2.05, 4.69) is 0 Å². The van der Waals surface area contributed by atoms with E-state index in [1.165, 1.54) is 6.07 Å². The third kappa shape index (κ3) is 3.23. The highest BCUT2D eigenvalue weighted by atomic mass is 16.3. The number of carbonyl (C=O) groups is 1. The summed E-state index contributed by atoms with van der Waals surface area (Å²) in [4.78, 5) is 14.4. The van der Waals surface area contributed by atoms with Gasteiger partial charge in [-0.1, -0.05) is 24.3 Å². The molecule has 2 aromatic carbocycles. The van der Waals surface area contributed by atoms with E-state index in [-0.39, 0.29) is 17.7 Å². The number of aromatic hydroxyl groups is 1. The average molecular weight is 284 g/mol. The van der Waals surface area contributed by atoms with Gasteiger partial charge < -0.3 is 15.7 Å². The molecule has 4 nitrogen and oxygen atoms in total. The minimum absolute atomic E-state index is 0.00766. The molecule has 4 heteroatoms. The van der Waals surface area contributed by atoms with E-state index >= 15 is 0 Å². The molecule has 0 saturated carbocycles. The van der Waals surface area contributed by atoms with E-state index < -0.39 is 0 Å². The predicted octanol–water partition coefficient (Wildman–Crippen LogP) is 2.91. The molecule has 2 aromatic rings. The smallest absolute Gasteiger partial charge is 0.262 e. The molecule has 0 aromatic heterocycles. The Kier molecular flexibility index (Phi) is 4.60. The third-order valence-corrected chi connectivity index (χ3v) is 3.32. The first-order chi connectivity index (χ1) is 10.0. The summed E-state index contributed by atoms with van der Waals surface area (Å²) in [7, 11) is 0. The lowest BCUT2D eigenvalue weighted by atomic mass is 10.1. The molecule has 1 amide bonds. The maximum Gasteiger partial charge on any atom is 0.262 e. The van der Waals surface area contributed by atoms with Crippen molar-refractivity contribution in [2.75, 3.05) is 4.90 Å². The molecule has 2 rings (SSSR count). The van der Waals surface area contributed by atoms with Gasteiger partial charge in [-0.25, -0.2) is 0 Å². The van der Waals surface area contributed by atoms with Crippen molar-refractivity contribution in [2.24, 2.45) is 5.73 Å². The normalized spacial score (nSPS) is 10.7. The molecular formula is C17H20N2O2. The van der Waals surface area contributed by atoms with E-state index in [1.807, 2.05) is 38.1 Å². The summed E-state index contributed by atoms with van der Waals surface area (Å²) in [6.45, 7) is 4.35. The van der Waals surface area contributed by atoms with E-state index in [9.17, 15) is 9.90 Å². The van der Waals surface area contributed by atoms with Crippen LogP contribution in [0.5, 0.6) is 5.75 Å². The monoisotopic (exact) mass is 284 g/mol. The molecule has 0 heterocycles. The summed E-state index contributed by atoms with van der Waals surface area (Å²) >= 11 is 0. The van der Waals surface area contributed by atoms with Gasteiger partial charge in [0.1, 0.15) is 5.75 Å². The maximum absolute atomic E-state index is 12.7. The van der Waals surface area contributed by atoms with Gasteiger partial charge in [0.2, 0.25) is 0 Å². The third-order valence-electron chi connectivity index (χ3n) is 3.32. The van der Waals surface area contributed by atoms with Gasteiger partial charge in [-0.15, -0.1) is 0 Å². The van der Waals surface area contributed by atoms with Crippen LogP contribution in [-0.2, 0) is 6.54 Å². The minimum Gasteiger partial charge on any atom is -0.507 e. The first kappa shape index (κ1) is 15.1. The molecule has 21 heavy (non-hydrogen) atoms. The van der Waals surface area contributed by atoms with Gasteiger partial charge in [0.05, 0.1) is 5.56 Å². The number of para-hydroxylation sites is 1. The zero-order valence-electron chi connectivity index (χ0n) is 12.3. The van der Waals surface area contributed by atoms with Crippen molar-refractivity contribution in [3.05, 3.63) is 59.7 Å². The SMILES string of the molecule is CC(C)N(C(=O)c1ccccc1O)c1ccc(CN)cc1. The lowest BCUT2D eigenvalue weighted by molar-refractivity contribution is 0.0977. The van der Waals surface area contributed by atoms with Crippen molar-refractivity contribution in [3.8, 4) is 5.75 Å². The van der Waals surface area contributed by atoms with Crippen molar-refractivity contribution in [2.45, 2.75) is 26.4 Å². The quantitative estimate of drug-likeness (QED) is 0.907. The van der Waals surface area contributed by atoms with Crippen molar-refractivity contribution < 1.29 is 9.90 Å². The Balaban J connectivity index is 2.39. The van der Waals surface area contributed by atoms with Crippen LogP contribution in [0.3, 0.4) is 0 Å². The Hall–Kier alpha value is -2.33. The molecule has 0 bridgehead atoms. The van der Waals surface area contributed by atoms with Crippen LogP contribution in [0.4, 0.5) is 5.69 Å². The molecule has 0 spiro atoms. The molecule has 0 saturated heterocycles. The second-order valence-electron chi connectivity index (χ2n) is 5.16. The first-order valence-corrected chi connectivity index (χ1v) is 6.95. The number of benzene rings is 2. The van der Waals surface area contributed by atoms with Gasteiger partial charge >= 0.3 is 0 Å². The Labute approximate surface area is 124 Å². The van der Waals surface area contributed by atoms with Crippen molar-refractivity contribution in [1.29, 1.82) is 0 Å². The Morgan fingerprint density at radius 1 is 1.14 bits per heavy atom. The predicted molar refractivity (Wildman–Crippen MR) is 84.4 cm³/mol. The largest absolute Gasteiger partial charge is 0.507 e. The molecule has 0 unspecified atom stereocenters. The summed E-state index contributed by atoms with van der Waals surface area (Å²) in [5.41, 5.74) is 7.69. The minimum atomic E-state index is -0.219. The fraction of sp³-hybridized carbons (Fsp3) is 0.235. The summed E-state index contributed by atoms with van der Waals surface area (Å²) in [6, 6.07) is 14.1. The number of hydrogen-bond acceptors (Lipinski definition) is 3. The number of anilines is 1. The molecule has 0 radical (unpaired) electrons. The fourth-order valence-corrected chi connectivity index (χ4v) is 2.23. The number of phenolic OH excluding ortho intramolecular Hbond substituents is 1. The Morgan fingerprint density at radius 3 is 2.29 bits per heavy atom. The van der Waals surface area contributed by atoms with Gasteiger partial charge in [0.15, 0.2) is 0 Å². The molecule has 3 N–H and O–H groups in total. The van der Waals surface area contributed by atoms with E-state index in [0.29, 0.717) is 12.1 Å². The number of carbonyl (C=O) groups excluding carboxylic acids is 1. The Morgan fingerprint density at radius 2 is 1.76 bits per heavy atom. The Bertz CT molecular complexity index is 621. The molecular weight excluding hydrogens is 264 g/mol. The van der Waals surface area contributed by atoms with Gasteiger partial charge in [-0.05, 0) is 43.7 Å². The second-order valence-corrected chi connectivity index (χ2v) is 5.16. The summed E-state index contributed by atoms with van der Waals surface area (Å²) < 4.78 is 0. The summed E-state index contributed by atoms with van der Waals surface area (Å²) in [5.74, 6) is -0.227. The van der Waals surface area contributed by atoms with Crippen LogP contribution in [0.15, 0.2) is 48.5 Å². The van der Waals surface area contributed by atoms with Crippen LogP contribution in [0.1, 0.15) is 29.8 Å². The number of rotatable bonds is 4. The molecule has 110 valence electrons. The van der Waals surface area contributed by atoms with Crippen LogP contribution >= 0.6 is 0 Å². The molecule has 0 aliphatic carbocycles. The van der Waals surface area contributed by atoms with E-state index in [0.717, 1.165) is 11.3 Å². The fourth-order valence-electron chi connectivity index (χ4n) is 2.23. The van der Waals surface area contributed by atoms with Crippen LogP contribution in [0, 0.1) is 0 Å². The summed E-state index contributed by atoms with van der Waals surface area (Å²) in [5, 5.41) is 9.88. The number of amides is 1. The number of hydrogen-bond donors (Lipinski definition) is 2. The maximum atomic E-state index is 12.7. The van der Waals surface area contributed by atoms with Crippen LogP contribution in [0.25, 0.3) is 0 Å². The lowest BCUT2D eigenvalue weighted by Gasteiger charge is -2.27. The molecule has 0 aliphatic rings. The number of phenols is 1. The molecule has 0 atom stereocenters. The van der Waals surface area contributed by atoms with Gasteiger partial charge in [0, 0.05) is 18.3 Å². The highest BCUT2D eigenvalue weighted by Gasteiger charge is 2.22. The second kappa shape index (κ2) is 6.41. The van der Waals surface area contributed by atoms with E-state index in [1.54, 1.807) is 23.1 Å². The van der Waals surface area contributed by atoms with E-state index in [4.69, 9.17) is 5.73 Å². The highest BCUT2D eigenvalue weighted by Crippen LogP contribution is 2.24. The highest BCUT2D eigenvalue weighted by molar-refractivity contribution is 6.08. The van der Waals surface area contributed by atoms with Gasteiger partial charge in [0.25, 0.3) is 5.91 Å². The topological polar surface area (TPSA) is 66.6 Å². The van der Waals surface area contributed by atoms with Crippen molar-refractivity contribution in [1.82, 2.24) is 0 Å². The molecule has 0 aliphatic heterocycles. The first-order valence-electron chi connectivity index (χ1n) is 6.95. The average Bonchev–Trinajstić information content (AvgIpc) is 2.48. The van der Waals surface area contributed by atoms with Crippen LogP contribution in [0.2, 0.25) is 0 Å². The van der Waals surface area contributed by atoms with Crippen molar-refractivity contribution >= 4 is 11.6 Å².